The maximum absolute atomic E-state index is 10.5. The van der Waals surface area contributed by atoms with Gasteiger partial charge in [-0.25, -0.2) is 4.79 Å². The second-order valence-electron chi connectivity index (χ2n) is 3.31. The van der Waals surface area contributed by atoms with E-state index in [0.717, 1.165) is 6.42 Å². The Morgan fingerprint density at radius 3 is 2.92 bits per heavy atom. The molecule has 3 N–H and O–H groups in total. The molecule has 4 nitrogen and oxygen atoms in total. The summed E-state index contributed by atoms with van der Waals surface area (Å²) in [4.78, 5) is 11.9. The Bertz CT molecular complexity index is 205. The van der Waals surface area contributed by atoms with Crippen LogP contribution in [0, 0.1) is 0 Å². The highest BCUT2D eigenvalue weighted by Gasteiger charge is 2.35. The molecule has 0 aromatic carbocycles. The molecule has 1 atom stereocenters. The van der Waals surface area contributed by atoms with Crippen LogP contribution in [0.1, 0.15) is 12.8 Å². The molecule has 0 unspecified atom stereocenters. The molecule has 1 aliphatic heterocycles. The van der Waals surface area contributed by atoms with Crippen molar-refractivity contribution in [2.45, 2.75) is 18.4 Å². The Balaban J connectivity index is 2.54. The maximum atomic E-state index is 10.5. The van der Waals surface area contributed by atoms with Crippen LogP contribution in [0.3, 0.4) is 0 Å². The molecule has 0 aromatic heterocycles. The molecular weight excluding hydrogens is 156 g/mol. The van der Waals surface area contributed by atoms with E-state index in [1.807, 2.05) is 0 Å². The van der Waals surface area contributed by atoms with Crippen molar-refractivity contribution in [1.29, 1.82) is 0 Å². The first-order valence-corrected chi connectivity index (χ1v) is 3.95. The summed E-state index contributed by atoms with van der Waals surface area (Å²) < 4.78 is 0. The highest BCUT2D eigenvalue weighted by molar-refractivity contribution is 5.65. The van der Waals surface area contributed by atoms with Crippen LogP contribution in [0.25, 0.3) is 0 Å². The number of hydrogen-bond donors (Lipinski definition) is 2. The Morgan fingerprint density at radius 2 is 2.50 bits per heavy atom. The predicted molar refractivity (Wildman–Crippen MR) is 45.9 cm³/mol. The summed E-state index contributed by atoms with van der Waals surface area (Å²) in [6.07, 6.45) is 2.26. The van der Waals surface area contributed by atoms with Crippen LogP contribution in [0.2, 0.25) is 0 Å². The van der Waals surface area contributed by atoms with Crippen molar-refractivity contribution in [2.24, 2.45) is 5.73 Å². The third kappa shape index (κ3) is 1.76. The van der Waals surface area contributed by atoms with Crippen LogP contribution >= 0.6 is 0 Å². The predicted octanol–water partition coefficient (Wildman–Crippen LogP) is 0.644. The minimum Gasteiger partial charge on any atom is -0.465 e. The largest absolute Gasteiger partial charge is 0.465 e. The van der Waals surface area contributed by atoms with E-state index < -0.39 is 6.09 Å². The van der Waals surface area contributed by atoms with Crippen LogP contribution in [-0.2, 0) is 0 Å². The molecule has 0 aromatic rings. The molecule has 0 spiro atoms. The Hall–Kier alpha value is -1.03. The molecular formula is C8H14N2O2. The Labute approximate surface area is 71.7 Å². The molecule has 0 aliphatic carbocycles. The van der Waals surface area contributed by atoms with E-state index in [4.69, 9.17) is 10.8 Å². The van der Waals surface area contributed by atoms with Crippen molar-refractivity contribution in [3.63, 3.8) is 0 Å². The minimum atomic E-state index is -0.883. The highest BCUT2D eigenvalue weighted by Crippen LogP contribution is 2.22. The Kier molecular flexibility index (Phi) is 2.38. The lowest BCUT2D eigenvalue weighted by atomic mass is 9.96. The second-order valence-corrected chi connectivity index (χ2v) is 3.31. The van der Waals surface area contributed by atoms with Crippen molar-refractivity contribution in [3.05, 3.63) is 12.7 Å². The number of nitrogens with two attached hydrogens (primary N) is 1. The van der Waals surface area contributed by atoms with Gasteiger partial charge < -0.3 is 15.7 Å². The van der Waals surface area contributed by atoms with Crippen molar-refractivity contribution < 1.29 is 9.90 Å². The van der Waals surface area contributed by atoms with Gasteiger partial charge in [-0.3, -0.25) is 0 Å². The number of rotatable bonds is 2. The first-order chi connectivity index (χ1) is 5.57. The summed E-state index contributed by atoms with van der Waals surface area (Å²) >= 11 is 0. The quantitative estimate of drug-likeness (QED) is 0.598. The average molecular weight is 170 g/mol. The second kappa shape index (κ2) is 3.15. The normalized spacial score (nSPS) is 28.9. The zero-order chi connectivity index (χ0) is 9.19. The zero-order valence-corrected chi connectivity index (χ0v) is 6.99. The fraction of sp³-hybridized carbons (Fsp3) is 0.625. The summed E-state index contributed by atoms with van der Waals surface area (Å²) in [6, 6.07) is 0. The summed E-state index contributed by atoms with van der Waals surface area (Å²) in [6.45, 7) is 4.56. The molecule has 0 bridgehead atoms. The van der Waals surface area contributed by atoms with Gasteiger partial charge in [-0.15, -0.1) is 6.58 Å². The van der Waals surface area contributed by atoms with Gasteiger partial charge in [-0.05, 0) is 12.8 Å². The van der Waals surface area contributed by atoms with Gasteiger partial charge in [0.2, 0.25) is 0 Å². The molecule has 1 rings (SSSR count). The van der Waals surface area contributed by atoms with Gasteiger partial charge in [0.15, 0.2) is 0 Å². The zero-order valence-electron chi connectivity index (χ0n) is 6.99. The molecule has 4 heteroatoms. The number of nitrogens with zero attached hydrogens (tertiary/aromatic N) is 1. The SMILES string of the molecule is C=CC[C@]1(N)CCN(C(=O)O)C1. The average Bonchev–Trinajstić information content (AvgIpc) is 2.33. The first kappa shape index (κ1) is 9.06. The summed E-state index contributed by atoms with van der Waals surface area (Å²) in [7, 11) is 0. The smallest absolute Gasteiger partial charge is 0.407 e. The number of carbonyl (C=O) groups is 1. The minimum absolute atomic E-state index is 0.375. The van der Waals surface area contributed by atoms with Crippen LogP contribution < -0.4 is 5.73 Å². The summed E-state index contributed by atoms with van der Waals surface area (Å²) in [5.74, 6) is 0. The molecule has 0 radical (unpaired) electrons. The van der Waals surface area contributed by atoms with E-state index in [9.17, 15) is 4.79 Å². The number of carboxylic acid groups (broad SMARTS) is 1. The van der Waals surface area contributed by atoms with Crippen molar-refractivity contribution in [3.8, 4) is 0 Å². The fourth-order valence-electron chi connectivity index (χ4n) is 1.51. The van der Waals surface area contributed by atoms with Gasteiger partial charge in [-0.1, -0.05) is 6.08 Å². The van der Waals surface area contributed by atoms with E-state index in [1.54, 1.807) is 6.08 Å². The van der Waals surface area contributed by atoms with E-state index >= 15 is 0 Å². The Morgan fingerprint density at radius 1 is 1.83 bits per heavy atom. The van der Waals surface area contributed by atoms with Crippen molar-refractivity contribution in [2.75, 3.05) is 13.1 Å². The lowest BCUT2D eigenvalue weighted by Gasteiger charge is -2.21. The lowest BCUT2D eigenvalue weighted by Crippen LogP contribution is -2.43. The number of amides is 1. The molecule has 1 fully saturated rings. The topological polar surface area (TPSA) is 66.6 Å². The van der Waals surface area contributed by atoms with Gasteiger partial charge in [0, 0.05) is 18.6 Å². The third-order valence-electron chi connectivity index (χ3n) is 2.21. The molecule has 0 saturated carbocycles. The van der Waals surface area contributed by atoms with Gasteiger partial charge in [0.05, 0.1) is 0 Å². The molecule has 68 valence electrons. The van der Waals surface area contributed by atoms with Crippen LogP contribution in [-0.4, -0.2) is 34.7 Å². The van der Waals surface area contributed by atoms with Gasteiger partial charge in [-0.2, -0.15) is 0 Å². The van der Waals surface area contributed by atoms with Crippen molar-refractivity contribution >= 4 is 6.09 Å². The summed E-state index contributed by atoms with van der Waals surface area (Å²) in [5.41, 5.74) is 5.55. The first-order valence-electron chi connectivity index (χ1n) is 3.95. The van der Waals surface area contributed by atoms with Gasteiger partial charge in [0.25, 0.3) is 0 Å². The van der Waals surface area contributed by atoms with E-state index in [2.05, 4.69) is 6.58 Å². The van der Waals surface area contributed by atoms with Gasteiger partial charge >= 0.3 is 6.09 Å². The molecule has 1 heterocycles. The van der Waals surface area contributed by atoms with Gasteiger partial charge in [0.1, 0.15) is 0 Å². The lowest BCUT2D eigenvalue weighted by molar-refractivity contribution is 0.153. The molecule has 1 aliphatic rings. The van der Waals surface area contributed by atoms with Crippen LogP contribution in [0.15, 0.2) is 12.7 Å². The maximum Gasteiger partial charge on any atom is 0.407 e. The fourth-order valence-corrected chi connectivity index (χ4v) is 1.51. The molecule has 12 heavy (non-hydrogen) atoms. The van der Waals surface area contributed by atoms with E-state index in [1.165, 1.54) is 4.90 Å². The molecule has 1 saturated heterocycles. The number of likely N-dealkylation sites (tertiary alicyclic amines) is 1. The molecule has 1 amide bonds. The number of hydrogen-bond acceptors (Lipinski definition) is 2. The highest BCUT2D eigenvalue weighted by atomic mass is 16.4. The van der Waals surface area contributed by atoms with Crippen molar-refractivity contribution in [1.82, 2.24) is 4.90 Å². The summed E-state index contributed by atoms with van der Waals surface area (Å²) in [5, 5.41) is 8.66. The van der Waals surface area contributed by atoms with E-state index in [-0.39, 0.29) is 5.54 Å². The standard InChI is InChI=1S/C8H14N2O2/c1-2-3-8(9)4-5-10(6-8)7(11)12/h2H,1,3-6,9H2,(H,11,12)/t8-/m0/s1. The van der Waals surface area contributed by atoms with Crippen LogP contribution in [0.5, 0.6) is 0 Å². The monoisotopic (exact) mass is 170 g/mol. The van der Waals surface area contributed by atoms with E-state index in [0.29, 0.717) is 19.5 Å². The van der Waals surface area contributed by atoms with Crippen LogP contribution in [0.4, 0.5) is 4.79 Å². The third-order valence-corrected chi connectivity index (χ3v) is 2.21.